The highest BCUT2D eigenvalue weighted by molar-refractivity contribution is 7.03. The summed E-state index contributed by atoms with van der Waals surface area (Å²) in [5.74, 6) is 0.724. The lowest BCUT2D eigenvalue weighted by Crippen LogP contribution is -2.49. The molecule has 0 atom stereocenters. The Morgan fingerprint density at radius 1 is 0.314 bits per heavy atom. The number of hydrogen-bond donors (Lipinski definition) is 0. The molecule has 2 nitrogen and oxygen atoms in total. The molecular formula is C48H36N2Si. The summed E-state index contributed by atoms with van der Waals surface area (Å²) in [6.07, 6.45) is 0. The average molecular weight is 669 g/mol. The van der Waals surface area contributed by atoms with Gasteiger partial charge in [-0.3, -0.25) is 0 Å². The monoisotopic (exact) mass is 668 g/mol. The van der Waals surface area contributed by atoms with Crippen molar-refractivity contribution in [3.63, 3.8) is 0 Å². The van der Waals surface area contributed by atoms with Crippen LogP contribution in [0.4, 0.5) is 0 Å². The Bertz CT molecular complexity index is 2460. The smallest absolute Gasteiger partial charge is 0.160 e. The summed E-state index contributed by atoms with van der Waals surface area (Å²) in [6.45, 7) is 4.94. The van der Waals surface area contributed by atoms with Crippen molar-refractivity contribution in [1.29, 1.82) is 0 Å². The lowest BCUT2D eigenvalue weighted by molar-refractivity contribution is 1.18. The van der Waals surface area contributed by atoms with Gasteiger partial charge < -0.3 is 0 Å². The highest BCUT2D eigenvalue weighted by Crippen LogP contribution is 2.34. The molecule has 2 heterocycles. The molecule has 3 heteroatoms. The minimum atomic E-state index is -1.65. The Kier molecular flexibility index (Phi) is 7.64. The van der Waals surface area contributed by atoms with E-state index in [2.05, 4.69) is 159 Å². The van der Waals surface area contributed by atoms with Crippen LogP contribution in [-0.4, -0.2) is 18.0 Å². The molecule has 0 unspecified atom stereocenters. The van der Waals surface area contributed by atoms with Crippen molar-refractivity contribution in [3.8, 4) is 78.4 Å². The first-order valence-electron chi connectivity index (χ1n) is 17.6. The first kappa shape index (κ1) is 30.9. The summed E-state index contributed by atoms with van der Waals surface area (Å²) in [4.78, 5) is 9.95. The summed E-state index contributed by atoms with van der Waals surface area (Å²) in [5.41, 5.74) is 15.1. The van der Waals surface area contributed by atoms with Gasteiger partial charge in [0.15, 0.2) is 5.82 Å². The molecule has 0 fully saturated rings. The minimum absolute atomic E-state index is 0.724. The third-order valence-corrected chi connectivity index (χ3v) is 13.9. The second-order valence-electron chi connectivity index (χ2n) is 13.9. The molecule has 0 N–H and O–H groups in total. The number of nitrogens with zero attached hydrogens (tertiary/aromatic N) is 2. The fourth-order valence-electron chi connectivity index (χ4n) is 7.53. The van der Waals surface area contributed by atoms with Crippen molar-refractivity contribution in [2.24, 2.45) is 0 Å². The van der Waals surface area contributed by atoms with Crippen LogP contribution in [0.25, 0.3) is 78.4 Å². The van der Waals surface area contributed by atoms with Gasteiger partial charge in [0, 0.05) is 16.7 Å². The second-order valence-corrected chi connectivity index (χ2v) is 18.2. The molecule has 1 aromatic heterocycles. The molecule has 242 valence electrons. The van der Waals surface area contributed by atoms with Crippen LogP contribution in [0, 0.1) is 0 Å². The Morgan fingerprint density at radius 2 is 0.745 bits per heavy atom. The van der Waals surface area contributed by atoms with Crippen LogP contribution in [0.15, 0.2) is 182 Å². The first-order chi connectivity index (χ1) is 25.0. The molecule has 0 saturated heterocycles. The van der Waals surface area contributed by atoms with E-state index in [0.29, 0.717) is 0 Å². The highest BCUT2D eigenvalue weighted by atomic mass is 28.3. The molecule has 0 spiro atoms. The van der Waals surface area contributed by atoms with Gasteiger partial charge in [-0.1, -0.05) is 177 Å². The minimum Gasteiger partial charge on any atom is -0.228 e. The number of fused-ring (bicyclic) bond motifs is 3. The predicted octanol–water partition coefficient (Wildman–Crippen LogP) is 11.3. The molecule has 51 heavy (non-hydrogen) atoms. The normalized spacial score (nSPS) is 12.7. The zero-order valence-electron chi connectivity index (χ0n) is 28.7. The molecule has 0 radical (unpaired) electrons. The Labute approximate surface area is 300 Å². The zero-order chi connectivity index (χ0) is 34.4. The standard InChI is InChI=1S/C48H36N2Si/c1-51(2)46-19-10-9-18-42(46)43-31-41(28-29-47(43)51)35-22-20-33(21-23-35)39-16-11-17-40(30-39)34-24-26-37(27-25-34)45-32-44(36-12-5-3-6-13-36)49-48(50-45)38-14-7-4-8-15-38/h3-32H,1-2H3. The van der Waals surface area contributed by atoms with E-state index in [1.807, 2.05) is 36.4 Å². The lowest BCUT2D eigenvalue weighted by atomic mass is 9.95. The summed E-state index contributed by atoms with van der Waals surface area (Å²) < 4.78 is 0. The topological polar surface area (TPSA) is 25.8 Å². The van der Waals surface area contributed by atoms with Crippen LogP contribution in [0.1, 0.15) is 0 Å². The van der Waals surface area contributed by atoms with E-state index in [1.165, 1.54) is 44.5 Å². The summed E-state index contributed by atoms with van der Waals surface area (Å²) in [5, 5.41) is 3.09. The van der Waals surface area contributed by atoms with Gasteiger partial charge in [-0.15, -0.1) is 0 Å². The maximum absolute atomic E-state index is 5.01. The molecule has 0 bridgehead atoms. The maximum atomic E-state index is 5.01. The Hall–Kier alpha value is -6.16. The van der Waals surface area contributed by atoms with Gasteiger partial charge >= 0.3 is 0 Å². The van der Waals surface area contributed by atoms with Gasteiger partial charge in [-0.05, 0) is 73.1 Å². The highest BCUT2D eigenvalue weighted by Gasteiger charge is 2.37. The summed E-state index contributed by atoms with van der Waals surface area (Å²) in [7, 11) is -1.65. The van der Waals surface area contributed by atoms with Crippen LogP contribution in [-0.2, 0) is 0 Å². The fourth-order valence-corrected chi connectivity index (χ4v) is 10.6. The van der Waals surface area contributed by atoms with Gasteiger partial charge in [0.05, 0.1) is 11.4 Å². The maximum Gasteiger partial charge on any atom is 0.160 e. The van der Waals surface area contributed by atoms with E-state index in [-0.39, 0.29) is 0 Å². The van der Waals surface area contributed by atoms with Gasteiger partial charge in [-0.2, -0.15) is 0 Å². The zero-order valence-corrected chi connectivity index (χ0v) is 29.7. The quantitative estimate of drug-likeness (QED) is 0.165. The van der Waals surface area contributed by atoms with E-state index in [0.717, 1.165) is 33.9 Å². The van der Waals surface area contributed by atoms with Crippen molar-refractivity contribution >= 4 is 18.4 Å². The lowest BCUT2D eigenvalue weighted by Gasteiger charge is -2.18. The Balaban J connectivity index is 0.991. The number of rotatable bonds is 6. The largest absolute Gasteiger partial charge is 0.228 e. The molecule has 8 aromatic rings. The number of aromatic nitrogens is 2. The molecule has 9 rings (SSSR count). The fraction of sp³-hybridized carbons (Fsp3) is 0.0417. The molecule has 1 aliphatic rings. The summed E-state index contributed by atoms with van der Waals surface area (Å²) in [6, 6.07) is 65.3. The molecule has 1 aliphatic heterocycles. The average Bonchev–Trinajstić information content (AvgIpc) is 3.44. The van der Waals surface area contributed by atoms with E-state index in [1.54, 1.807) is 10.4 Å². The number of benzene rings is 7. The molecule has 0 amide bonds. The van der Waals surface area contributed by atoms with E-state index >= 15 is 0 Å². The van der Waals surface area contributed by atoms with E-state index in [4.69, 9.17) is 9.97 Å². The van der Waals surface area contributed by atoms with Crippen molar-refractivity contribution < 1.29 is 0 Å². The van der Waals surface area contributed by atoms with Gasteiger partial charge in [-0.25, -0.2) is 9.97 Å². The van der Waals surface area contributed by atoms with Crippen molar-refractivity contribution in [2.75, 3.05) is 0 Å². The van der Waals surface area contributed by atoms with E-state index in [9.17, 15) is 0 Å². The van der Waals surface area contributed by atoms with Crippen LogP contribution >= 0.6 is 0 Å². The molecule has 7 aromatic carbocycles. The third-order valence-electron chi connectivity index (χ3n) is 10.3. The van der Waals surface area contributed by atoms with Gasteiger partial charge in [0.25, 0.3) is 0 Å². The van der Waals surface area contributed by atoms with E-state index < -0.39 is 8.07 Å². The molecule has 0 saturated carbocycles. The predicted molar refractivity (Wildman–Crippen MR) is 217 cm³/mol. The van der Waals surface area contributed by atoms with Crippen LogP contribution in [0.3, 0.4) is 0 Å². The van der Waals surface area contributed by atoms with Gasteiger partial charge in [0.1, 0.15) is 8.07 Å². The SMILES string of the molecule is C[Si]1(C)c2ccccc2-c2cc(-c3ccc(-c4cccc(-c5ccc(-c6cc(-c7ccccc7)nc(-c7ccccc7)n6)cc5)c4)cc3)ccc21. The third kappa shape index (κ3) is 5.72. The van der Waals surface area contributed by atoms with Crippen LogP contribution < -0.4 is 10.4 Å². The molecule has 0 aliphatic carbocycles. The summed E-state index contributed by atoms with van der Waals surface area (Å²) >= 11 is 0. The van der Waals surface area contributed by atoms with Crippen LogP contribution in [0.5, 0.6) is 0 Å². The first-order valence-corrected chi connectivity index (χ1v) is 20.6. The number of hydrogen-bond acceptors (Lipinski definition) is 2. The molecular weight excluding hydrogens is 633 g/mol. The van der Waals surface area contributed by atoms with Crippen LogP contribution in [0.2, 0.25) is 13.1 Å². The van der Waals surface area contributed by atoms with Crippen molar-refractivity contribution in [1.82, 2.24) is 9.97 Å². The van der Waals surface area contributed by atoms with Crippen molar-refractivity contribution in [2.45, 2.75) is 13.1 Å². The Morgan fingerprint density at radius 3 is 1.35 bits per heavy atom. The second kappa shape index (κ2) is 12.6. The van der Waals surface area contributed by atoms with Gasteiger partial charge in [0.2, 0.25) is 0 Å². The van der Waals surface area contributed by atoms with Crippen molar-refractivity contribution in [3.05, 3.63) is 182 Å².